The van der Waals surface area contributed by atoms with E-state index in [0.29, 0.717) is 64.2 Å². The summed E-state index contributed by atoms with van der Waals surface area (Å²) in [6.07, 6.45) is 8.10. The van der Waals surface area contributed by atoms with Gasteiger partial charge in [-0.3, -0.25) is 28.3 Å². The van der Waals surface area contributed by atoms with E-state index in [9.17, 15) is 24.3 Å². The number of hydrogen-bond donors (Lipinski definition) is 5. The molecule has 2 amide bonds. The van der Waals surface area contributed by atoms with Crippen LogP contribution in [0.15, 0.2) is 113 Å². The number of aliphatic hydroxyl groups excluding tert-OH is 1. The molecule has 316 valence electrons. The van der Waals surface area contributed by atoms with Crippen LogP contribution in [0.3, 0.4) is 0 Å². The van der Waals surface area contributed by atoms with E-state index in [1.54, 1.807) is 45.2 Å². The molecule has 0 saturated carbocycles. The van der Waals surface area contributed by atoms with Gasteiger partial charge in [-0.25, -0.2) is 9.97 Å². The number of rotatable bonds is 10. The lowest BCUT2D eigenvalue weighted by Gasteiger charge is -2.33. The third-order valence-corrected chi connectivity index (χ3v) is 12.6. The number of amides is 2. The largest absolute Gasteiger partial charge is 0.392 e. The van der Waals surface area contributed by atoms with Crippen LogP contribution in [0.1, 0.15) is 79.2 Å². The van der Waals surface area contributed by atoms with Gasteiger partial charge in [0.15, 0.2) is 0 Å². The number of nitrogens with zero attached hydrogens (tertiary/aromatic N) is 4. The molecule has 0 radical (unpaired) electrons. The summed E-state index contributed by atoms with van der Waals surface area (Å²) >= 11 is 1.71. The van der Waals surface area contributed by atoms with E-state index < -0.39 is 12.1 Å². The van der Waals surface area contributed by atoms with Crippen molar-refractivity contribution in [3.8, 4) is 0 Å². The first-order valence-corrected chi connectivity index (χ1v) is 22.4. The first-order valence-electron chi connectivity index (χ1n) is 21.0. The Balaban J connectivity index is 0.000000158. The average Bonchev–Trinajstić information content (AvgIpc) is 3.89. The van der Waals surface area contributed by atoms with E-state index in [1.807, 2.05) is 85.4 Å². The predicted molar refractivity (Wildman–Crippen MR) is 244 cm³/mol. The topological polar surface area (TPSA) is 180 Å². The summed E-state index contributed by atoms with van der Waals surface area (Å²) in [6.45, 7) is 4.01. The normalized spacial score (nSPS) is 18.4. The molecule has 10 rings (SSSR count). The van der Waals surface area contributed by atoms with E-state index in [4.69, 9.17) is 9.97 Å². The Morgan fingerprint density at radius 3 is 1.76 bits per heavy atom. The number of fused-ring (bicyclic) bond motifs is 6. The van der Waals surface area contributed by atoms with Crippen molar-refractivity contribution in [1.82, 2.24) is 39.7 Å². The Hall–Kier alpha value is -6.51. The number of aliphatic hydroxyl groups is 1. The van der Waals surface area contributed by atoms with Crippen molar-refractivity contribution in [2.45, 2.75) is 70.3 Å². The molecule has 0 aliphatic carbocycles. The molecule has 0 spiro atoms. The van der Waals surface area contributed by atoms with Gasteiger partial charge in [0.25, 0.3) is 11.1 Å². The minimum Gasteiger partial charge on any atom is -0.392 e. The summed E-state index contributed by atoms with van der Waals surface area (Å²) in [5, 5.41) is 18.8. The van der Waals surface area contributed by atoms with Gasteiger partial charge in [0.2, 0.25) is 11.8 Å². The second kappa shape index (κ2) is 17.1. The standard InChI is InChI=1S/C25H26N4O3.C23H22N4O2S/c1-14(2)9-21-23-27-20-8-7-15(13-30)10-18(20)25(32)29(23)22(24(31)28-21)11-16-12-26-19-6-4-3-5-17(16)19;1-30-11-10-19-21-25-18-9-5-3-7-16(18)23(29)27(21)20(22(28)26-19)12-14-13-24-17-8-4-2-6-15(14)17/h3-8,10,12,14,21-22,26,30H,9,11,13H2,1-2H3,(H,28,31);2-9,13,19-20,24H,10-12H2,1H3,(H,26,28)/t21-,22+;19-,20+/m01/s1. The van der Waals surface area contributed by atoms with Gasteiger partial charge in [-0.1, -0.05) is 68.4 Å². The second-order valence-electron chi connectivity index (χ2n) is 16.5. The summed E-state index contributed by atoms with van der Waals surface area (Å²) in [5.41, 5.74) is 5.50. The third kappa shape index (κ3) is 7.57. The van der Waals surface area contributed by atoms with Crippen molar-refractivity contribution in [3.63, 3.8) is 0 Å². The van der Waals surface area contributed by atoms with Crippen LogP contribution in [-0.2, 0) is 29.0 Å². The average molecular weight is 849 g/mol. The molecule has 4 atom stereocenters. The number of benzene rings is 4. The number of carbonyl (C=O) groups excluding carboxylic acids is 2. The molecule has 6 heterocycles. The minimum atomic E-state index is -0.699. The highest BCUT2D eigenvalue weighted by Gasteiger charge is 2.37. The van der Waals surface area contributed by atoms with Gasteiger partial charge < -0.3 is 25.7 Å². The summed E-state index contributed by atoms with van der Waals surface area (Å²) in [4.78, 5) is 69.7. The van der Waals surface area contributed by atoms with Crippen molar-refractivity contribution in [2.75, 3.05) is 12.0 Å². The summed E-state index contributed by atoms with van der Waals surface area (Å²) in [6, 6.07) is 26.6. The Morgan fingerprint density at radius 2 is 1.18 bits per heavy atom. The van der Waals surface area contributed by atoms with Gasteiger partial charge in [-0.15, -0.1) is 0 Å². The molecule has 0 unspecified atom stereocenters. The molecule has 14 heteroatoms. The van der Waals surface area contributed by atoms with E-state index in [0.717, 1.165) is 45.1 Å². The van der Waals surface area contributed by atoms with Crippen molar-refractivity contribution in [2.24, 2.45) is 5.92 Å². The van der Waals surface area contributed by atoms with Gasteiger partial charge in [0, 0.05) is 47.0 Å². The monoisotopic (exact) mass is 848 g/mol. The van der Waals surface area contributed by atoms with Crippen LogP contribution in [-0.4, -0.2) is 58.0 Å². The minimum absolute atomic E-state index is 0.127. The zero-order valence-electron chi connectivity index (χ0n) is 34.7. The number of thioether (sulfide) groups is 1. The molecule has 62 heavy (non-hydrogen) atoms. The first-order chi connectivity index (χ1) is 30.1. The second-order valence-corrected chi connectivity index (χ2v) is 17.5. The summed E-state index contributed by atoms with van der Waals surface area (Å²) in [7, 11) is 0. The molecule has 4 aromatic carbocycles. The lowest BCUT2D eigenvalue weighted by molar-refractivity contribution is -0.127. The molecule has 8 aromatic rings. The number of carbonyl (C=O) groups is 2. The number of para-hydroxylation sites is 3. The van der Waals surface area contributed by atoms with Gasteiger partial charge in [0.05, 0.1) is 40.5 Å². The lowest BCUT2D eigenvalue weighted by Crippen LogP contribution is -2.48. The maximum atomic E-state index is 13.7. The quantitative estimate of drug-likeness (QED) is 0.0981. The van der Waals surface area contributed by atoms with Crippen LogP contribution in [0, 0.1) is 5.92 Å². The highest BCUT2D eigenvalue weighted by Crippen LogP contribution is 2.33. The summed E-state index contributed by atoms with van der Waals surface area (Å²) in [5.74, 6) is 2.15. The number of aromatic nitrogens is 6. The predicted octanol–water partition coefficient (Wildman–Crippen LogP) is 6.96. The maximum absolute atomic E-state index is 13.7. The Labute approximate surface area is 361 Å². The molecule has 0 fully saturated rings. The summed E-state index contributed by atoms with van der Waals surface area (Å²) < 4.78 is 3.21. The van der Waals surface area contributed by atoms with Crippen molar-refractivity contribution < 1.29 is 14.7 Å². The van der Waals surface area contributed by atoms with Crippen molar-refractivity contribution in [1.29, 1.82) is 0 Å². The molecular weight excluding hydrogens is 801 g/mol. The number of H-pyrrole nitrogens is 2. The zero-order valence-corrected chi connectivity index (χ0v) is 35.5. The van der Waals surface area contributed by atoms with Crippen LogP contribution in [0.2, 0.25) is 0 Å². The van der Waals surface area contributed by atoms with E-state index in [1.165, 1.54) is 0 Å². The van der Waals surface area contributed by atoms with Crippen LogP contribution < -0.4 is 21.8 Å². The van der Waals surface area contributed by atoms with Gasteiger partial charge >= 0.3 is 0 Å². The van der Waals surface area contributed by atoms with Crippen LogP contribution in [0.4, 0.5) is 0 Å². The third-order valence-electron chi connectivity index (χ3n) is 12.0. The number of aromatic amines is 2. The fourth-order valence-electron chi connectivity index (χ4n) is 8.98. The lowest BCUT2D eigenvalue weighted by atomic mass is 9.96. The number of hydrogen-bond acceptors (Lipinski definition) is 8. The molecule has 2 aliphatic heterocycles. The van der Waals surface area contributed by atoms with E-state index in [-0.39, 0.29) is 41.6 Å². The van der Waals surface area contributed by atoms with Crippen LogP contribution in [0.5, 0.6) is 0 Å². The van der Waals surface area contributed by atoms with E-state index >= 15 is 0 Å². The zero-order chi connectivity index (χ0) is 43.1. The molecule has 0 bridgehead atoms. The fraction of sp³-hybridized carbons (Fsp3) is 0.292. The van der Waals surface area contributed by atoms with Crippen molar-refractivity contribution in [3.05, 3.63) is 152 Å². The van der Waals surface area contributed by atoms with Crippen LogP contribution >= 0.6 is 11.8 Å². The molecule has 5 N–H and O–H groups in total. The molecular formula is C48H48N8O5S. The first kappa shape index (κ1) is 40.9. The Kier molecular flexibility index (Phi) is 11.3. The fourth-order valence-corrected chi connectivity index (χ4v) is 9.45. The molecule has 13 nitrogen and oxygen atoms in total. The highest BCUT2D eigenvalue weighted by molar-refractivity contribution is 7.98. The Morgan fingerprint density at radius 1 is 0.661 bits per heavy atom. The van der Waals surface area contributed by atoms with Gasteiger partial charge in [0.1, 0.15) is 23.7 Å². The molecule has 0 saturated heterocycles. The van der Waals surface area contributed by atoms with Crippen molar-refractivity contribution >= 4 is 67.2 Å². The Bertz CT molecular complexity index is 3110. The van der Waals surface area contributed by atoms with E-state index in [2.05, 4.69) is 34.4 Å². The molecule has 4 aromatic heterocycles. The SMILES string of the molecule is CC(C)C[C@@H]1NC(=O)[C@@H](Cc2c[nH]c3ccccc23)n2c1nc1ccc(CO)cc1c2=O.CSCC[C@H]1NC(=O)[C@H](Cc2c[nH]c3ccccc23)n2c1nc1ccccc1c2=O. The number of nitrogens with one attached hydrogen (secondary N) is 4. The van der Waals surface area contributed by atoms with Gasteiger partial charge in [-0.2, -0.15) is 11.8 Å². The maximum Gasteiger partial charge on any atom is 0.262 e. The van der Waals surface area contributed by atoms with Gasteiger partial charge in [-0.05, 0) is 83.9 Å². The molecule has 2 aliphatic rings. The van der Waals surface area contributed by atoms with Crippen LogP contribution in [0.25, 0.3) is 43.6 Å². The smallest absolute Gasteiger partial charge is 0.262 e. The highest BCUT2D eigenvalue weighted by atomic mass is 32.2.